The van der Waals surface area contributed by atoms with Gasteiger partial charge in [-0.2, -0.15) is 4.98 Å². The Morgan fingerprint density at radius 3 is 2.57 bits per heavy atom. The number of carbonyl (C=O) groups is 2. The van der Waals surface area contributed by atoms with E-state index in [9.17, 15) is 14.7 Å². The first kappa shape index (κ1) is 14.9. The number of hydrogen-bond donors (Lipinski definition) is 3. The number of amides is 1. The third kappa shape index (κ3) is 2.97. The lowest BCUT2D eigenvalue weighted by atomic mass is 10.2. The van der Waals surface area contributed by atoms with Crippen LogP contribution in [-0.4, -0.2) is 53.8 Å². The largest absolute Gasteiger partial charge is 0.480 e. The molecule has 0 aromatic carbocycles. The fourth-order valence-corrected chi connectivity index (χ4v) is 1.86. The van der Waals surface area contributed by atoms with Crippen LogP contribution in [-0.2, 0) is 4.79 Å². The maximum atomic E-state index is 12.0. The number of aliphatic hydroxyl groups is 1. The van der Waals surface area contributed by atoms with E-state index in [1.54, 1.807) is 19.9 Å². The van der Waals surface area contributed by atoms with Crippen molar-refractivity contribution in [2.24, 2.45) is 0 Å². The van der Waals surface area contributed by atoms with Crippen LogP contribution in [0, 0.1) is 13.8 Å². The van der Waals surface area contributed by atoms with E-state index in [0.717, 1.165) is 11.4 Å². The maximum absolute atomic E-state index is 12.0. The van der Waals surface area contributed by atoms with Crippen molar-refractivity contribution in [1.82, 2.24) is 24.9 Å². The molecule has 2 heterocycles. The lowest BCUT2D eigenvalue weighted by Gasteiger charge is -2.15. The van der Waals surface area contributed by atoms with Crippen molar-refractivity contribution in [1.29, 1.82) is 0 Å². The van der Waals surface area contributed by atoms with Crippen molar-refractivity contribution in [2.75, 3.05) is 0 Å². The molecule has 2 rings (SSSR count). The summed E-state index contributed by atoms with van der Waals surface area (Å²) >= 11 is 0. The highest BCUT2D eigenvalue weighted by Gasteiger charge is 2.27. The van der Waals surface area contributed by atoms with Gasteiger partial charge in [-0.1, -0.05) is 0 Å². The molecule has 0 saturated carbocycles. The van der Waals surface area contributed by atoms with Crippen molar-refractivity contribution in [3.63, 3.8) is 0 Å². The van der Waals surface area contributed by atoms with E-state index in [4.69, 9.17) is 5.11 Å². The zero-order chi connectivity index (χ0) is 15.7. The van der Waals surface area contributed by atoms with Crippen LogP contribution < -0.4 is 5.32 Å². The summed E-state index contributed by atoms with van der Waals surface area (Å²) in [5, 5.41) is 24.4. The molecule has 0 aliphatic rings. The van der Waals surface area contributed by atoms with E-state index in [0.29, 0.717) is 0 Å². The first-order valence-corrected chi connectivity index (χ1v) is 6.22. The van der Waals surface area contributed by atoms with Gasteiger partial charge in [0.2, 0.25) is 5.82 Å². The lowest BCUT2D eigenvalue weighted by molar-refractivity contribution is -0.141. The molecule has 1 amide bonds. The third-order valence-corrected chi connectivity index (χ3v) is 2.86. The fraction of sp³-hybridized carbons (Fsp3) is 0.417. The second-order valence-corrected chi connectivity index (χ2v) is 4.72. The SMILES string of the molecule is Cc1cc(C)n2nc(C(=O)N[C@H](C(=O)O)[C@@H](C)O)nc2n1. The first-order valence-electron chi connectivity index (χ1n) is 6.22. The molecule has 2 atom stereocenters. The van der Waals surface area contributed by atoms with Gasteiger partial charge in [-0.15, -0.1) is 5.10 Å². The van der Waals surface area contributed by atoms with Gasteiger partial charge in [0.1, 0.15) is 0 Å². The number of rotatable bonds is 4. The van der Waals surface area contributed by atoms with Crippen molar-refractivity contribution < 1.29 is 19.8 Å². The van der Waals surface area contributed by atoms with Crippen molar-refractivity contribution in [2.45, 2.75) is 32.9 Å². The molecular weight excluding hydrogens is 278 g/mol. The number of nitrogens with one attached hydrogen (secondary N) is 1. The number of fused-ring (bicyclic) bond motifs is 1. The van der Waals surface area contributed by atoms with Gasteiger partial charge in [-0.3, -0.25) is 4.79 Å². The number of carbonyl (C=O) groups excluding carboxylic acids is 1. The molecule has 0 saturated heterocycles. The molecule has 0 spiro atoms. The molecule has 0 aliphatic carbocycles. The Hall–Kier alpha value is -2.55. The Morgan fingerprint density at radius 1 is 1.33 bits per heavy atom. The van der Waals surface area contributed by atoms with E-state index in [2.05, 4.69) is 20.4 Å². The zero-order valence-electron chi connectivity index (χ0n) is 11.7. The fourth-order valence-electron chi connectivity index (χ4n) is 1.86. The van der Waals surface area contributed by atoms with Gasteiger partial charge in [-0.05, 0) is 26.8 Å². The number of nitrogens with zero attached hydrogens (tertiary/aromatic N) is 4. The molecular formula is C12H15N5O4. The molecule has 2 aromatic rings. The standard InChI is InChI=1S/C12H15N5O4/c1-5-4-6(2)17-12(13-5)15-9(16-17)10(19)14-8(7(3)18)11(20)21/h4,7-8,18H,1-3H3,(H,14,19)(H,20,21)/t7-,8+/m1/s1. The van der Waals surface area contributed by atoms with Crippen LogP contribution >= 0.6 is 0 Å². The van der Waals surface area contributed by atoms with Gasteiger partial charge in [0.05, 0.1) is 6.10 Å². The minimum absolute atomic E-state index is 0.205. The topological polar surface area (TPSA) is 130 Å². The van der Waals surface area contributed by atoms with Gasteiger partial charge in [0, 0.05) is 11.4 Å². The molecule has 0 unspecified atom stereocenters. The van der Waals surface area contributed by atoms with Crippen molar-refractivity contribution >= 4 is 17.7 Å². The average molecular weight is 293 g/mol. The molecule has 9 heteroatoms. The van der Waals surface area contributed by atoms with Gasteiger partial charge in [0.15, 0.2) is 6.04 Å². The predicted octanol–water partition coefficient (Wildman–Crippen LogP) is -0.695. The van der Waals surface area contributed by atoms with E-state index in [-0.39, 0.29) is 11.6 Å². The summed E-state index contributed by atoms with van der Waals surface area (Å²) in [6, 6.07) is 0.346. The summed E-state index contributed by atoms with van der Waals surface area (Å²) in [6.07, 6.45) is -1.24. The number of hydrogen-bond acceptors (Lipinski definition) is 6. The van der Waals surface area contributed by atoms with E-state index in [1.807, 2.05) is 0 Å². The quantitative estimate of drug-likeness (QED) is 0.679. The predicted molar refractivity (Wildman–Crippen MR) is 70.8 cm³/mol. The Morgan fingerprint density at radius 2 is 2.00 bits per heavy atom. The number of aliphatic hydroxyl groups excluding tert-OH is 1. The van der Waals surface area contributed by atoms with E-state index in [1.165, 1.54) is 11.4 Å². The van der Waals surface area contributed by atoms with Crippen LogP contribution in [0.1, 0.15) is 28.9 Å². The molecule has 0 radical (unpaired) electrons. The van der Waals surface area contributed by atoms with Gasteiger partial charge >= 0.3 is 5.97 Å². The molecule has 112 valence electrons. The number of aliphatic carboxylic acids is 1. The average Bonchev–Trinajstić information content (AvgIpc) is 2.78. The summed E-state index contributed by atoms with van der Waals surface area (Å²) < 4.78 is 1.39. The zero-order valence-corrected chi connectivity index (χ0v) is 11.7. The molecule has 21 heavy (non-hydrogen) atoms. The van der Waals surface area contributed by atoms with Gasteiger partial charge in [0.25, 0.3) is 11.7 Å². The Labute approximate surface area is 119 Å². The van der Waals surface area contributed by atoms with Crippen LogP contribution in [0.2, 0.25) is 0 Å². The van der Waals surface area contributed by atoms with Crippen molar-refractivity contribution in [3.05, 3.63) is 23.3 Å². The van der Waals surface area contributed by atoms with Crippen LogP contribution in [0.5, 0.6) is 0 Å². The number of carboxylic acid groups (broad SMARTS) is 1. The maximum Gasteiger partial charge on any atom is 0.328 e. The van der Waals surface area contributed by atoms with Crippen LogP contribution in [0.15, 0.2) is 6.07 Å². The van der Waals surface area contributed by atoms with Crippen LogP contribution in [0.3, 0.4) is 0 Å². The van der Waals surface area contributed by atoms with Gasteiger partial charge < -0.3 is 15.5 Å². The first-order chi connectivity index (χ1) is 9.79. The monoisotopic (exact) mass is 293 g/mol. The molecule has 3 N–H and O–H groups in total. The highest BCUT2D eigenvalue weighted by atomic mass is 16.4. The number of aryl methyl sites for hydroxylation is 2. The lowest BCUT2D eigenvalue weighted by Crippen LogP contribution is -2.47. The van der Waals surface area contributed by atoms with Crippen LogP contribution in [0.25, 0.3) is 5.78 Å². The smallest absolute Gasteiger partial charge is 0.328 e. The molecule has 0 fully saturated rings. The Balaban J connectivity index is 2.31. The molecule has 0 bridgehead atoms. The molecule has 9 nitrogen and oxygen atoms in total. The molecule has 0 aliphatic heterocycles. The summed E-state index contributed by atoms with van der Waals surface area (Å²) in [6.45, 7) is 4.84. The van der Waals surface area contributed by atoms with Crippen LogP contribution in [0.4, 0.5) is 0 Å². The highest BCUT2D eigenvalue weighted by Crippen LogP contribution is 2.06. The summed E-state index contributed by atoms with van der Waals surface area (Å²) in [5.41, 5.74) is 1.47. The van der Waals surface area contributed by atoms with Crippen molar-refractivity contribution in [3.8, 4) is 0 Å². The minimum atomic E-state index is -1.43. The number of carboxylic acids is 1. The van der Waals surface area contributed by atoms with E-state index < -0.39 is 24.0 Å². The third-order valence-electron chi connectivity index (χ3n) is 2.86. The van der Waals surface area contributed by atoms with Gasteiger partial charge in [-0.25, -0.2) is 14.3 Å². The van der Waals surface area contributed by atoms with E-state index >= 15 is 0 Å². The summed E-state index contributed by atoms with van der Waals surface area (Å²) in [7, 11) is 0. The normalized spacial score (nSPS) is 13.9. The minimum Gasteiger partial charge on any atom is -0.480 e. The Kier molecular flexibility index (Phi) is 3.85. The highest BCUT2D eigenvalue weighted by molar-refractivity contribution is 5.93. The molecule has 2 aromatic heterocycles. The second kappa shape index (κ2) is 5.44. The number of aromatic nitrogens is 4. The Bertz CT molecular complexity index is 709. The summed E-state index contributed by atoms with van der Waals surface area (Å²) in [5.74, 6) is -2.08. The summed E-state index contributed by atoms with van der Waals surface area (Å²) in [4.78, 5) is 31.0. The second-order valence-electron chi connectivity index (χ2n) is 4.72.